The van der Waals surface area contributed by atoms with Crippen LogP contribution in [0.1, 0.15) is 23.7 Å². The molecule has 3 heterocycles. The minimum atomic E-state index is -0.536. The predicted molar refractivity (Wildman–Crippen MR) is 107 cm³/mol. The van der Waals surface area contributed by atoms with E-state index in [2.05, 4.69) is 9.97 Å². The summed E-state index contributed by atoms with van der Waals surface area (Å²) < 4.78 is 35.7. The molecule has 1 aliphatic heterocycles. The molecule has 1 saturated heterocycles. The zero-order valence-electron chi connectivity index (χ0n) is 16.4. The maximum Gasteiger partial charge on any atom is 0.255 e. The number of morpholine rings is 1. The highest BCUT2D eigenvalue weighted by atomic mass is 19.1. The lowest BCUT2D eigenvalue weighted by atomic mass is 9.84. The lowest BCUT2D eigenvalue weighted by Gasteiger charge is -2.45. The van der Waals surface area contributed by atoms with Crippen LogP contribution in [0, 0.1) is 11.6 Å². The molecule has 5 rings (SSSR count). The van der Waals surface area contributed by atoms with Gasteiger partial charge in [-0.2, -0.15) is 0 Å². The van der Waals surface area contributed by atoms with Gasteiger partial charge in [0, 0.05) is 31.4 Å². The Morgan fingerprint density at radius 3 is 2.90 bits per heavy atom. The molecule has 6 nitrogen and oxygen atoms in total. The number of aryl methyl sites for hydroxylation is 1. The second-order valence-corrected chi connectivity index (χ2v) is 7.63. The molecule has 0 amide bonds. The van der Waals surface area contributed by atoms with Crippen LogP contribution in [0.5, 0.6) is 0 Å². The number of pyridine rings is 1. The van der Waals surface area contributed by atoms with Crippen LogP contribution in [0.15, 0.2) is 47.5 Å². The zero-order valence-corrected chi connectivity index (χ0v) is 16.4. The summed E-state index contributed by atoms with van der Waals surface area (Å²) in [5.74, 6) is -0.381. The van der Waals surface area contributed by atoms with Crippen LogP contribution < -0.4 is 10.5 Å². The Balaban J connectivity index is 1.59. The molecule has 154 valence electrons. The van der Waals surface area contributed by atoms with E-state index in [1.165, 1.54) is 35.0 Å². The molecule has 1 aliphatic carbocycles. The molecule has 0 radical (unpaired) electrons. The van der Waals surface area contributed by atoms with Gasteiger partial charge in [0.15, 0.2) is 5.82 Å². The Morgan fingerprint density at radius 1 is 1.20 bits per heavy atom. The number of benzene rings is 1. The standard InChI is InChI=1S/C22H20F2N4O2/c1-27-20(29)11-18(15-6-7-25-12-17(15)24)26-22(27)28-8-9-30-21-16-10-14(23)4-2-13(16)3-5-19(21)28/h2,4,6-7,10-12,19,21H,3,5,8-9H2,1H3/t19-,21?/m0/s1. The maximum atomic E-state index is 14.3. The summed E-state index contributed by atoms with van der Waals surface area (Å²) in [6.07, 6.45) is 3.83. The first-order valence-electron chi connectivity index (χ1n) is 9.87. The Morgan fingerprint density at radius 2 is 2.07 bits per heavy atom. The molecular formula is C22H20F2N4O2. The smallest absolute Gasteiger partial charge is 0.255 e. The maximum absolute atomic E-state index is 14.3. The van der Waals surface area contributed by atoms with Crippen molar-refractivity contribution in [3.05, 3.63) is 75.8 Å². The molecule has 0 spiro atoms. The number of hydrogen-bond acceptors (Lipinski definition) is 5. The minimum absolute atomic E-state index is 0.0938. The van der Waals surface area contributed by atoms with Crippen LogP contribution in [-0.2, 0) is 18.2 Å². The SMILES string of the molecule is Cn1c(N2CCOC3c4cc(F)ccc4CC[C@@H]32)nc(-c2ccncc2F)cc1=O. The minimum Gasteiger partial charge on any atom is -0.370 e. The van der Waals surface area contributed by atoms with E-state index in [0.29, 0.717) is 19.1 Å². The summed E-state index contributed by atoms with van der Waals surface area (Å²) in [5.41, 5.74) is 2.13. The molecular weight excluding hydrogens is 390 g/mol. The summed E-state index contributed by atoms with van der Waals surface area (Å²) in [5, 5.41) is 0. The molecule has 1 fully saturated rings. The van der Waals surface area contributed by atoms with Gasteiger partial charge in [-0.25, -0.2) is 13.8 Å². The number of fused-ring (bicyclic) bond motifs is 3. The number of halogens is 2. The first-order valence-corrected chi connectivity index (χ1v) is 9.87. The molecule has 30 heavy (non-hydrogen) atoms. The molecule has 2 aromatic heterocycles. The van der Waals surface area contributed by atoms with Gasteiger partial charge < -0.3 is 9.64 Å². The van der Waals surface area contributed by atoms with Gasteiger partial charge in [0.2, 0.25) is 5.95 Å². The third kappa shape index (κ3) is 3.08. The monoisotopic (exact) mass is 410 g/mol. The number of anilines is 1. The van der Waals surface area contributed by atoms with E-state index < -0.39 is 5.82 Å². The Hall–Kier alpha value is -3.13. The quantitative estimate of drug-likeness (QED) is 0.650. The van der Waals surface area contributed by atoms with E-state index in [9.17, 15) is 13.6 Å². The van der Waals surface area contributed by atoms with Crippen molar-refractivity contribution in [3.8, 4) is 11.3 Å². The lowest BCUT2D eigenvalue weighted by molar-refractivity contribution is 0.00157. The van der Waals surface area contributed by atoms with Crippen LogP contribution in [-0.4, -0.2) is 33.7 Å². The highest BCUT2D eigenvalue weighted by Gasteiger charge is 2.39. The fraction of sp³-hybridized carbons (Fsp3) is 0.318. The summed E-state index contributed by atoms with van der Waals surface area (Å²) in [6, 6.07) is 7.55. The van der Waals surface area contributed by atoms with Gasteiger partial charge in [-0.3, -0.25) is 14.3 Å². The number of hydrogen-bond donors (Lipinski definition) is 0. The first-order chi connectivity index (χ1) is 14.5. The molecule has 0 N–H and O–H groups in total. The fourth-order valence-corrected chi connectivity index (χ4v) is 4.44. The van der Waals surface area contributed by atoms with E-state index in [0.717, 1.165) is 30.2 Å². The second-order valence-electron chi connectivity index (χ2n) is 7.63. The van der Waals surface area contributed by atoms with Crippen molar-refractivity contribution in [1.29, 1.82) is 0 Å². The Bertz CT molecular complexity index is 1180. The van der Waals surface area contributed by atoms with E-state index in [-0.39, 0.29) is 34.8 Å². The van der Waals surface area contributed by atoms with Crippen molar-refractivity contribution in [1.82, 2.24) is 14.5 Å². The normalized spacial score (nSPS) is 20.6. The summed E-state index contributed by atoms with van der Waals surface area (Å²) in [7, 11) is 1.65. The van der Waals surface area contributed by atoms with Crippen LogP contribution in [0.25, 0.3) is 11.3 Å². The van der Waals surface area contributed by atoms with Gasteiger partial charge in [0.05, 0.1) is 24.5 Å². The molecule has 2 aliphatic rings. The molecule has 0 bridgehead atoms. The molecule has 1 unspecified atom stereocenters. The van der Waals surface area contributed by atoms with Crippen molar-refractivity contribution in [2.45, 2.75) is 25.0 Å². The van der Waals surface area contributed by atoms with Gasteiger partial charge in [-0.15, -0.1) is 0 Å². The van der Waals surface area contributed by atoms with Crippen LogP contribution >= 0.6 is 0 Å². The van der Waals surface area contributed by atoms with Gasteiger partial charge in [0.25, 0.3) is 5.56 Å². The van der Waals surface area contributed by atoms with E-state index in [1.54, 1.807) is 7.05 Å². The van der Waals surface area contributed by atoms with Crippen molar-refractivity contribution in [3.63, 3.8) is 0 Å². The number of ether oxygens (including phenoxy) is 1. The van der Waals surface area contributed by atoms with Crippen LogP contribution in [0.4, 0.5) is 14.7 Å². The summed E-state index contributed by atoms with van der Waals surface area (Å²) in [6.45, 7) is 0.954. The number of rotatable bonds is 2. The average molecular weight is 410 g/mol. The highest BCUT2D eigenvalue weighted by Crippen LogP contribution is 2.39. The third-order valence-electron chi connectivity index (χ3n) is 5.92. The lowest BCUT2D eigenvalue weighted by Crippen LogP contribution is -2.51. The molecule has 3 aromatic rings. The van der Waals surface area contributed by atoms with Crippen molar-refractivity contribution >= 4 is 5.95 Å². The molecule has 2 atom stereocenters. The van der Waals surface area contributed by atoms with Crippen molar-refractivity contribution in [2.75, 3.05) is 18.1 Å². The van der Waals surface area contributed by atoms with Gasteiger partial charge >= 0.3 is 0 Å². The molecule has 1 aromatic carbocycles. The van der Waals surface area contributed by atoms with Crippen molar-refractivity contribution < 1.29 is 13.5 Å². The predicted octanol–water partition coefficient (Wildman–Crippen LogP) is 3.01. The van der Waals surface area contributed by atoms with E-state index in [4.69, 9.17) is 4.74 Å². The van der Waals surface area contributed by atoms with Gasteiger partial charge in [-0.1, -0.05) is 6.07 Å². The van der Waals surface area contributed by atoms with Gasteiger partial charge in [-0.05, 0) is 42.2 Å². The topological polar surface area (TPSA) is 60.2 Å². The van der Waals surface area contributed by atoms with Crippen LogP contribution in [0.3, 0.4) is 0 Å². The van der Waals surface area contributed by atoms with Crippen LogP contribution in [0.2, 0.25) is 0 Å². The summed E-state index contributed by atoms with van der Waals surface area (Å²) >= 11 is 0. The van der Waals surface area contributed by atoms with E-state index >= 15 is 0 Å². The first kappa shape index (κ1) is 18.9. The second kappa shape index (κ2) is 7.28. The Labute approximate surface area is 171 Å². The average Bonchev–Trinajstić information content (AvgIpc) is 2.75. The largest absolute Gasteiger partial charge is 0.370 e. The molecule has 8 heteroatoms. The Kier molecular flexibility index (Phi) is 4.58. The highest BCUT2D eigenvalue weighted by molar-refractivity contribution is 5.60. The molecule has 0 saturated carbocycles. The summed E-state index contributed by atoms with van der Waals surface area (Å²) in [4.78, 5) is 23.1. The fourth-order valence-electron chi connectivity index (χ4n) is 4.44. The number of aromatic nitrogens is 3. The third-order valence-corrected chi connectivity index (χ3v) is 5.92. The van der Waals surface area contributed by atoms with E-state index in [1.807, 2.05) is 11.0 Å². The van der Waals surface area contributed by atoms with Gasteiger partial charge in [0.1, 0.15) is 11.9 Å². The zero-order chi connectivity index (χ0) is 20.8. The number of nitrogens with zero attached hydrogens (tertiary/aromatic N) is 4. The van der Waals surface area contributed by atoms with Crippen molar-refractivity contribution in [2.24, 2.45) is 7.05 Å².